The average molecular weight is 275 g/mol. The molecule has 4 nitrogen and oxygen atoms in total. The Labute approximate surface area is 120 Å². The van der Waals surface area contributed by atoms with Crippen LogP contribution >= 0.6 is 0 Å². The van der Waals surface area contributed by atoms with Crippen molar-refractivity contribution in [1.82, 2.24) is 9.97 Å². The number of para-hydroxylation sites is 1. The van der Waals surface area contributed by atoms with Gasteiger partial charge in [0.25, 0.3) is 0 Å². The SMILES string of the molecule is Nc1ccc2nc(-c3c(O)[nH]c4ccccc34)ccc2c1. The molecule has 4 heteroatoms. The summed E-state index contributed by atoms with van der Waals surface area (Å²) in [5.74, 6) is 0.137. The summed E-state index contributed by atoms with van der Waals surface area (Å²) in [4.78, 5) is 7.61. The lowest BCUT2D eigenvalue weighted by molar-refractivity contribution is 0.460. The minimum atomic E-state index is 0.137. The first-order valence-corrected chi connectivity index (χ1v) is 6.69. The van der Waals surface area contributed by atoms with Gasteiger partial charge >= 0.3 is 0 Å². The zero-order valence-corrected chi connectivity index (χ0v) is 11.2. The Morgan fingerprint density at radius 1 is 1.00 bits per heavy atom. The zero-order valence-electron chi connectivity index (χ0n) is 11.2. The Morgan fingerprint density at radius 2 is 1.86 bits per heavy atom. The number of nitrogens with zero attached hydrogens (tertiary/aromatic N) is 1. The summed E-state index contributed by atoms with van der Waals surface area (Å²) >= 11 is 0. The van der Waals surface area contributed by atoms with E-state index in [-0.39, 0.29) is 5.88 Å². The second-order valence-corrected chi connectivity index (χ2v) is 5.04. The highest BCUT2D eigenvalue weighted by Gasteiger charge is 2.13. The predicted molar refractivity (Wildman–Crippen MR) is 85.1 cm³/mol. The van der Waals surface area contributed by atoms with Crippen LogP contribution in [0.25, 0.3) is 33.1 Å². The van der Waals surface area contributed by atoms with Crippen molar-refractivity contribution in [3.8, 4) is 17.1 Å². The number of rotatable bonds is 1. The first kappa shape index (κ1) is 11.8. The van der Waals surface area contributed by atoms with E-state index in [4.69, 9.17) is 5.73 Å². The molecular formula is C17H13N3O. The molecule has 0 spiro atoms. The number of nitrogens with two attached hydrogens (primary N) is 1. The quantitative estimate of drug-likeness (QED) is 0.464. The summed E-state index contributed by atoms with van der Waals surface area (Å²) in [7, 11) is 0. The molecular weight excluding hydrogens is 262 g/mol. The zero-order chi connectivity index (χ0) is 14.4. The van der Waals surface area contributed by atoms with Gasteiger partial charge in [-0.25, -0.2) is 4.98 Å². The van der Waals surface area contributed by atoms with Gasteiger partial charge in [-0.05, 0) is 30.3 Å². The van der Waals surface area contributed by atoms with E-state index in [1.165, 1.54) is 0 Å². The summed E-state index contributed by atoms with van der Waals surface area (Å²) in [6.07, 6.45) is 0. The van der Waals surface area contributed by atoms with Crippen LogP contribution < -0.4 is 5.73 Å². The van der Waals surface area contributed by atoms with Crippen LogP contribution in [0.4, 0.5) is 5.69 Å². The van der Waals surface area contributed by atoms with Gasteiger partial charge in [-0.3, -0.25) is 0 Å². The summed E-state index contributed by atoms with van der Waals surface area (Å²) in [5.41, 5.74) is 9.71. The van der Waals surface area contributed by atoms with Crippen LogP contribution in [0.2, 0.25) is 0 Å². The largest absolute Gasteiger partial charge is 0.494 e. The third-order valence-electron chi connectivity index (χ3n) is 3.66. The number of nitrogen functional groups attached to an aromatic ring is 1. The van der Waals surface area contributed by atoms with E-state index in [1.807, 2.05) is 54.6 Å². The van der Waals surface area contributed by atoms with Crippen LogP contribution in [-0.2, 0) is 0 Å². The number of H-pyrrole nitrogens is 1. The maximum absolute atomic E-state index is 10.2. The van der Waals surface area contributed by atoms with Crippen molar-refractivity contribution in [2.24, 2.45) is 0 Å². The monoisotopic (exact) mass is 275 g/mol. The molecule has 0 saturated carbocycles. The van der Waals surface area contributed by atoms with Gasteiger partial charge in [-0.2, -0.15) is 0 Å². The van der Waals surface area contributed by atoms with Gasteiger partial charge in [0, 0.05) is 22.0 Å². The Hall–Kier alpha value is -3.01. The Bertz CT molecular complexity index is 972. The normalized spacial score (nSPS) is 11.2. The van der Waals surface area contributed by atoms with E-state index >= 15 is 0 Å². The fourth-order valence-electron chi connectivity index (χ4n) is 2.67. The van der Waals surface area contributed by atoms with E-state index in [0.717, 1.165) is 33.1 Å². The maximum Gasteiger partial charge on any atom is 0.199 e. The number of pyridine rings is 1. The van der Waals surface area contributed by atoms with Gasteiger partial charge in [-0.15, -0.1) is 0 Å². The molecule has 0 aliphatic carbocycles. The average Bonchev–Trinajstić information content (AvgIpc) is 2.82. The fourth-order valence-corrected chi connectivity index (χ4v) is 2.67. The summed E-state index contributed by atoms with van der Waals surface area (Å²) in [6.45, 7) is 0. The highest BCUT2D eigenvalue weighted by atomic mass is 16.3. The van der Waals surface area contributed by atoms with Crippen LogP contribution in [0.1, 0.15) is 0 Å². The van der Waals surface area contributed by atoms with Crippen LogP contribution in [0.5, 0.6) is 5.88 Å². The number of fused-ring (bicyclic) bond motifs is 2. The Kier molecular flexibility index (Phi) is 2.38. The van der Waals surface area contributed by atoms with Crippen molar-refractivity contribution in [3.63, 3.8) is 0 Å². The standard InChI is InChI=1S/C17H13N3O/c18-11-6-8-13-10(9-11)5-7-15(19-13)16-12-3-1-2-4-14(12)20-17(16)21/h1-9,20-21H,18H2. The number of aromatic hydroxyl groups is 1. The smallest absolute Gasteiger partial charge is 0.199 e. The maximum atomic E-state index is 10.2. The molecule has 102 valence electrons. The second kappa shape index (κ2) is 4.24. The molecule has 0 fully saturated rings. The summed E-state index contributed by atoms with van der Waals surface area (Å²) < 4.78 is 0. The number of aromatic amines is 1. The van der Waals surface area contributed by atoms with Crippen molar-refractivity contribution >= 4 is 27.5 Å². The van der Waals surface area contributed by atoms with E-state index in [0.29, 0.717) is 5.69 Å². The van der Waals surface area contributed by atoms with Crippen LogP contribution in [0.3, 0.4) is 0 Å². The first-order valence-electron chi connectivity index (χ1n) is 6.69. The second-order valence-electron chi connectivity index (χ2n) is 5.04. The van der Waals surface area contributed by atoms with E-state index < -0.39 is 0 Å². The van der Waals surface area contributed by atoms with Crippen LogP contribution in [0, 0.1) is 0 Å². The third kappa shape index (κ3) is 1.80. The van der Waals surface area contributed by atoms with Crippen molar-refractivity contribution in [3.05, 3.63) is 54.6 Å². The van der Waals surface area contributed by atoms with Crippen LogP contribution in [-0.4, -0.2) is 15.1 Å². The molecule has 0 amide bonds. The Balaban J connectivity index is 2.00. The van der Waals surface area contributed by atoms with Crippen molar-refractivity contribution < 1.29 is 5.11 Å². The van der Waals surface area contributed by atoms with Gasteiger partial charge in [0.1, 0.15) is 0 Å². The number of nitrogens with one attached hydrogen (secondary N) is 1. The number of aromatic nitrogens is 2. The summed E-state index contributed by atoms with van der Waals surface area (Å²) in [5, 5.41) is 12.1. The molecule has 0 aliphatic rings. The number of anilines is 1. The van der Waals surface area contributed by atoms with Gasteiger partial charge in [-0.1, -0.05) is 24.3 Å². The lowest BCUT2D eigenvalue weighted by Gasteiger charge is -2.04. The lowest BCUT2D eigenvalue weighted by Crippen LogP contribution is -1.88. The third-order valence-corrected chi connectivity index (χ3v) is 3.66. The molecule has 0 radical (unpaired) electrons. The molecule has 0 saturated heterocycles. The molecule has 2 heterocycles. The van der Waals surface area contributed by atoms with Gasteiger partial charge in [0.05, 0.1) is 16.8 Å². The molecule has 0 unspecified atom stereocenters. The number of benzene rings is 2. The lowest BCUT2D eigenvalue weighted by atomic mass is 10.1. The van der Waals surface area contributed by atoms with Crippen molar-refractivity contribution in [2.75, 3.05) is 5.73 Å². The predicted octanol–water partition coefficient (Wildman–Crippen LogP) is 3.67. The molecule has 0 atom stereocenters. The van der Waals surface area contributed by atoms with Gasteiger partial charge in [0.15, 0.2) is 5.88 Å². The van der Waals surface area contributed by atoms with Gasteiger partial charge in [0.2, 0.25) is 0 Å². The molecule has 0 aliphatic heterocycles. The highest BCUT2D eigenvalue weighted by Crippen LogP contribution is 2.36. The first-order chi connectivity index (χ1) is 10.2. The molecule has 4 rings (SSSR count). The highest BCUT2D eigenvalue weighted by molar-refractivity contribution is 5.99. The fraction of sp³-hybridized carbons (Fsp3) is 0. The number of hydrogen-bond donors (Lipinski definition) is 3. The minimum absolute atomic E-state index is 0.137. The minimum Gasteiger partial charge on any atom is -0.494 e. The molecule has 21 heavy (non-hydrogen) atoms. The molecule has 2 aromatic heterocycles. The molecule has 2 aromatic carbocycles. The van der Waals surface area contributed by atoms with E-state index in [2.05, 4.69) is 9.97 Å². The summed E-state index contributed by atoms with van der Waals surface area (Å²) in [6, 6.07) is 17.2. The topological polar surface area (TPSA) is 74.9 Å². The Morgan fingerprint density at radius 3 is 2.76 bits per heavy atom. The van der Waals surface area contributed by atoms with Crippen molar-refractivity contribution in [1.29, 1.82) is 0 Å². The van der Waals surface area contributed by atoms with Crippen LogP contribution in [0.15, 0.2) is 54.6 Å². The van der Waals surface area contributed by atoms with E-state index in [9.17, 15) is 5.11 Å². The molecule has 4 aromatic rings. The molecule has 4 N–H and O–H groups in total. The molecule has 0 bridgehead atoms. The number of hydrogen-bond acceptors (Lipinski definition) is 3. The van der Waals surface area contributed by atoms with Gasteiger partial charge < -0.3 is 15.8 Å². The van der Waals surface area contributed by atoms with E-state index in [1.54, 1.807) is 0 Å². The van der Waals surface area contributed by atoms with Crippen molar-refractivity contribution in [2.45, 2.75) is 0 Å².